The number of nitrogens with one attached hydrogen (secondary N) is 1. The first-order valence-electron chi connectivity index (χ1n) is 5.28. The van der Waals surface area contributed by atoms with Gasteiger partial charge in [-0.15, -0.1) is 0 Å². The molecule has 6 nitrogen and oxygen atoms in total. The van der Waals surface area contributed by atoms with Gasteiger partial charge in [0, 0.05) is 5.02 Å². The van der Waals surface area contributed by atoms with Crippen LogP contribution in [-0.4, -0.2) is 9.91 Å². The number of benzene rings is 1. The molecule has 0 unspecified atom stereocenters. The second-order valence-electron chi connectivity index (χ2n) is 3.72. The Kier molecular flexibility index (Phi) is 4.03. The van der Waals surface area contributed by atoms with Crippen molar-refractivity contribution in [3.05, 3.63) is 56.2 Å². The van der Waals surface area contributed by atoms with Crippen LogP contribution in [0.15, 0.2) is 30.3 Å². The lowest BCUT2D eigenvalue weighted by atomic mass is 10.2. The number of anilines is 2. The summed E-state index contributed by atoms with van der Waals surface area (Å²) in [6.07, 6.45) is 0. The fourth-order valence-electron chi connectivity index (χ4n) is 1.51. The number of aromatic nitrogens is 1. The molecule has 0 aliphatic rings. The van der Waals surface area contributed by atoms with Crippen molar-refractivity contribution in [2.45, 2.75) is 0 Å². The molecule has 0 saturated heterocycles. The third kappa shape index (κ3) is 3.15. The number of nitrogens with zero attached hydrogens (tertiary/aromatic N) is 3. The van der Waals surface area contributed by atoms with Crippen LogP contribution in [0.4, 0.5) is 17.2 Å². The quantitative estimate of drug-likeness (QED) is 0.527. The highest BCUT2D eigenvalue weighted by atomic mass is 35.5. The van der Waals surface area contributed by atoms with E-state index < -0.39 is 4.92 Å². The molecule has 1 aromatic carbocycles. The summed E-state index contributed by atoms with van der Waals surface area (Å²) in [5.41, 5.74) is 0.524. The highest BCUT2D eigenvalue weighted by Gasteiger charge is 2.12. The molecule has 0 aliphatic carbocycles. The van der Waals surface area contributed by atoms with Gasteiger partial charge in [0.15, 0.2) is 0 Å². The van der Waals surface area contributed by atoms with Crippen LogP contribution in [0.25, 0.3) is 0 Å². The molecule has 0 spiro atoms. The summed E-state index contributed by atoms with van der Waals surface area (Å²) < 4.78 is 0. The maximum absolute atomic E-state index is 10.8. The second-order valence-corrected chi connectivity index (χ2v) is 4.54. The van der Waals surface area contributed by atoms with Crippen molar-refractivity contribution in [2.75, 3.05) is 5.32 Å². The maximum Gasteiger partial charge on any atom is 0.276 e. The van der Waals surface area contributed by atoms with E-state index in [9.17, 15) is 10.1 Å². The van der Waals surface area contributed by atoms with Crippen LogP contribution >= 0.6 is 23.2 Å². The van der Waals surface area contributed by atoms with Crippen molar-refractivity contribution >= 4 is 40.4 Å². The van der Waals surface area contributed by atoms with Crippen molar-refractivity contribution in [1.29, 1.82) is 5.26 Å². The predicted molar refractivity (Wildman–Crippen MR) is 75.4 cm³/mol. The minimum absolute atomic E-state index is 0.0257. The zero-order valence-electron chi connectivity index (χ0n) is 9.80. The largest absolute Gasteiger partial charge is 0.339 e. The molecule has 0 fully saturated rings. The molecule has 8 heteroatoms. The second kappa shape index (κ2) is 5.74. The molecule has 1 heterocycles. The SMILES string of the molecule is N#Cc1ccc(Cl)cc1Nc1cc([N+](=O)[O-])cc(Cl)n1. The van der Waals surface area contributed by atoms with Gasteiger partial charge in [0.1, 0.15) is 17.0 Å². The molecule has 2 aromatic rings. The third-order valence-corrected chi connectivity index (χ3v) is 2.78. The fourth-order valence-corrected chi connectivity index (χ4v) is 1.88. The summed E-state index contributed by atoms with van der Waals surface area (Å²) >= 11 is 11.6. The van der Waals surface area contributed by atoms with E-state index in [1.165, 1.54) is 18.2 Å². The number of nitriles is 1. The standard InChI is InChI=1S/C12H6Cl2N4O2/c13-8-2-1-7(6-15)10(3-8)16-12-5-9(18(19)20)4-11(14)17-12/h1-5H,(H,16,17). The average Bonchev–Trinajstić information content (AvgIpc) is 2.38. The summed E-state index contributed by atoms with van der Waals surface area (Å²) in [6.45, 7) is 0. The molecule has 2 rings (SSSR count). The molecule has 1 aromatic heterocycles. The molecule has 0 bridgehead atoms. The first-order valence-corrected chi connectivity index (χ1v) is 6.04. The Morgan fingerprint density at radius 2 is 2.05 bits per heavy atom. The first-order chi connectivity index (χ1) is 9.49. The summed E-state index contributed by atoms with van der Waals surface area (Å²) in [6, 6.07) is 8.95. The van der Waals surface area contributed by atoms with Crippen LogP contribution in [-0.2, 0) is 0 Å². The van der Waals surface area contributed by atoms with Crippen molar-refractivity contribution < 1.29 is 4.92 Å². The van der Waals surface area contributed by atoms with Gasteiger partial charge in [-0.2, -0.15) is 5.26 Å². The number of hydrogen-bond acceptors (Lipinski definition) is 5. The predicted octanol–water partition coefficient (Wildman–Crippen LogP) is 3.91. The van der Waals surface area contributed by atoms with Gasteiger partial charge in [-0.1, -0.05) is 23.2 Å². The van der Waals surface area contributed by atoms with Crippen molar-refractivity contribution in [3.8, 4) is 6.07 Å². The van der Waals surface area contributed by atoms with Gasteiger partial charge >= 0.3 is 0 Å². The molecule has 0 radical (unpaired) electrons. The van der Waals surface area contributed by atoms with E-state index in [1.54, 1.807) is 6.07 Å². The normalized spacial score (nSPS) is 9.85. The zero-order valence-corrected chi connectivity index (χ0v) is 11.3. The van der Waals surface area contributed by atoms with Gasteiger partial charge in [-0.3, -0.25) is 10.1 Å². The van der Waals surface area contributed by atoms with Crippen LogP contribution in [0.1, 0.15) is 5.56 Å². The van der Waals surface area contributed by atoms with Gasteiger partial charge in [-0.05, 0) is 18.2 Å². The molecular weight excluding hydrogens is 303 g/mol. The van der Waals surface area contributed by atoms with Crippen molar-refractivity contribution in [3.63, 3.8) is 0 Å². The van der Waals surface area contributed by atoms with Crippen molar-refractivity contribution in [1.82, 2.24) is 4.98 Å². The minimum atomic E-state index is -0.581. The summed E-state index contributed by atoms with van der Waals surface area (Å²) in [5, 5.41) is 22.9. The smallest absolute Gasteiger partial charge is 0.276 e. The Morgan fingerprint density at radius 3 is 2.70 bits per heavy atom. The number of halogens is 2. The summed E-state index contributed by atoms with van der Waals surface area (Å²) in [4.78, 5) is 14.1. The van der Waals surface area contributed by atoms with Gasteiger partial charge in [-0.25, -0.2) is 4.98 Å². The van der Waals surface area contributed by atoms with Crippen LogP contribution < -0.4 is 5.32 Å². The van der Waals surface area contributed by atoms with Crippen LogP contribution in [0, 0.1) is 21.4 Å². The molecule has 0 aliphatic heterocycles. The number of rotatable bonds is 3. The Labute approximate surface area is 123 Å². The van der Waals surface area contributed by atoms with E-state index in [1.807, 2.05) is 6.07 Å². The molecule has 20 heavy (non-hydrogen) atoms. The van der Waals surface area contributed by atoms with E-state index in [0.717, 1.165) is 6.07 Å². The Balaban J connectivity index is 2.42. The molecule has 0 amide bonds. The van der Waals surface area contributed by atoms with Gasteiger partial charge in [0.2, 0.25) is 0 Å². The van der Waals surface area contributed by atoms with E-state index in [0.29, 0.717) is 16.3 Å². The molecule has 100 valence electrons. The van der Waals surface area contributed by atoms with E-state index in [-0.39, 0.29) is 16.7 Å². The highest BCUT2D eigenvalue weighted by Crippen LogP contribution is 2.26. The van der Waals surface area contributed by atoms with Crippen LogP contribution in [0.5, 0.6) is 0 Å². The van der Waals surface area contributed by atoms with Gasteiger partial charge in [0.05, 0.1) is 28.3 Å². The fraction of sp³-hybridized carbons (Fsp3) is 0. The lowest BCUT2D eigenvalue weighted by Crippen LogP contribution is -1.98. The molecular formula is C12H6Cl2N4O2. The maximum atomic E-state index is 10.8. The number of nitro groups is 1. The van der Waals surface area contributed by atoms with E-state index >= 15 is 0 Å². The first kappa shape index (κ1) is 14.1. The zero-order chi connectivity index (χ0) is 14.7. The van der Waals surface area contributed by atoms with Gasteiger partial charge in [0.25, 0.3) is 5.69 Å². The van der Waals surface area contributed by atoms with E-state index in [4.69, 9.17) is 28.5 Å². The number of pyridine rings is 1. The average molecular weight is 309 g/mol. The lowest BCUT2D eigenvalue weighted by Gasteiger charge is -2.08. The Bertz CT molecular complexity index is 728. The van der Waals surface area contributed by atoms with E-state index in [2.05, 4.69) is 10.3 Å². The summed E-state index contributed by atoms with van der Waals surface area (Å²) in [5.74, 6) is 0.156. The number of hydrogen-bond donors (Lipinski definition) is 1. The molecule has 0 saturated carbocycles. The van der Waals surface area contributed by atoms with Crippen LogP contribution in [0.3, 0.4) is 0 Å². The molecule has 1 N–H and O–H groups in total. The lowest BCUT2D eigenvalue weighted by molar-refractivity contribution is -0.384. The topological polar surface area (TPSA) is 91.8 Å². The van der Waals surface area contributed by atoms with Crippen LogP contribution in [0.2, 0.25) is 10.2 Å². The highest BCUT2D eigenvalue weighted by molar-refractivity contribution is 6.31. The van der Waals surface area contributed by atoms with Gasteiger partial charge < -0.3 is 5.32 Å². The Morgan fingerprint density at radius 1 is 1.30 bits per heavy atom. The third-order valence-electron chi connectivity index (χ3n) is 2.35. The van der Waals surface area contributed by atoms with Crippen molar-refractivity contribution in [2.24, 2.45) is 0 Å². The summed E-state index contributed by atoms with van der Waals surface area (Å²) in [7, 11) is 0. The molecule has 0 atom stereocenters. The monoisotopic (exact) mass is 308 g/mol. The minimum Gasteiger partial charge on any atom is -0.339 e. The Hall–Kier alpha value is -2.36.